The second-order valence-corrected chi connectivity index (χ2v) is 5.53. The Labute approximate surface area is 131 Å². The number of aliphatic hydroxyl groups excluding tert-OH is 1. The first-order valence-electron chi connectivity index (χ1n) is 7.53. The number of pyridine rings is 1. The van der Waals surface area contributed by atoms with E-state index in [4.69, 9.17) is 0 Å². The molecule has 0 spiro atoms. The van der Waals surface area contributed by atoms with E-state index in [2.05, 4.69) is 10.3 Å². The summed E-state index contributed by atoms with van der Waals surface area (Å²) < 4.78 is 0. The molecule has 2 atom stereocenters. The van der Waals surface area contributed by atoms with Gasteiger partial charge in [-0.05, 0) is 30.5 Å². The Morgan fingerprint density at radius 3 is 2.64 bits per heavy atom. The number of aliphatic hydroxyl groups is 1. The van der Waals surface area contributed by atoms with E-state index in [1.54, 1.807) is 19.3 Å². The molecule has 0 saturated carbocycles. The van der Waals surface area contributed by atoms with Crippen molar-refractivity contribution in [1.82, 2.24) is 10.3 Å². The summed E-state index contributed by atoms with van der Waals surface area (Å²) in [7, 11) is 0. The van der Waals surface area contributed by atoms with Gasteiger partial charge in [0.25, 0.3) is 0 Å². The van der Waals surface area contributed by atoms with Crippen molar-refractivity contribution in [3.05, 3.63) is 66.0 Å². The molecule has 22 heavy (non-hydrogen) atoms. The molecule has 0 unspecified atom stereocenters. The molecule has 0 bridgehead atoms. The molecule has 116 valence electrons. The maximum absolute atomic E-state index is 12.0. The smallest absolute Gasteiger partial charge is 0.224 e. The van der Waals surface area contributed by atoms with Gasteiger partial charge >= 0.3 is 0 Å². The van der Waals surface area contributed by atoms with E-state index in [0.29, 0.717) is 19.4 Å². The van der Waals surface area contributed by atoms with E-state index < -0.39 is 6.10 Å². The van der Waals surface area contributed by atoms with Crippen molar-refractivity contribution >= 4 is 5.91 Å². The number of hydrogen-bond acceptors (Lipinski definition) is 3. The van der Waals surface area contributed by atoms with Gasteiger partial charge < -0.3 is 10.4 Å². The van der Waals surface area contributed by atoms with Crippen LogP contribution in [0, 0.1) is 0 Å². The third kappa shape index (κ3) is 5.30. The van der Waals surface area contributed by atoms with Crippen molar-refractivity contribution in [1.29, 1.82) is 0 Å². The molecule has 1 aromatic carbocycles. The zero-order valence-electron chi connectivity index (χ0n) is 12.8. The van der Waals surface area contributed by atoms with Crippen LogP contribution in [-0.4, -0.2) is 28.6 Å². The van der Waals surface area contributed by atoms with Crippen LogP contribution in [-0.2, 0) is 11.2 Å². The summed E-state index contributed by atoms with van der Waals surface area (Å²) in [5.41, 5.74) is 2.02. The van der Waals surface area contributed by atoms with Crippen molar-refractivity contribution in [2.75, 3.05) is 6.54 Å². The van der Waals surface area contributed by atoms with Crippen LogP contribution >= 0.6 is 0 Å². The summed E-state index contributed by atoms with van der Waals surface area (Å²) >= 11 is 0. The molecule has 4 nitrogen and oxygen atoms in total. The van der Waals surface area contributed by atoms with Crippen LogP contribution < -0.4 is 5.32 Å². The Balaban J connectivity index is 1.92. The zero-order chi connectivity index (χ0) is 15.8. The van der Waals surface area contributed by atoms with Crippen LogP contribution in [0.15, 0.2) is 54.9 Å². The lowest BCUT2D eigenvalue weighted by atomic mass is 9.93. The Hall–Kier alpha value is -2.20. The minimum Gasteiger partial charge on any atom is -0.393 e. The van der Waals surface area contributed by atoms with E-state index in [0.717, 1.165) is 11.1 Å². The van der Waals surface area contributed by atoms with E-state index in [1.165, 1.54) is 0 Å². The molecule has 0 aliphatic heterocycles. The van der Waals surface area contributed by atoms with Gasteiger partial charge in [-0.2, -0.15) is 0 Å². The van der Waals surface area contributed by atoms with Crippen molar-refractivity contribution in [3.8, 4) is 0 Å². The maximum atomic E-state index is 12.0. The second kappa shape index (κ2) is 8.29. The number of hydrogen-bond donors (Lipinski definition) is 2. The van der Waals surface area contributed by atoms with E-state index >= 15 is 0 Å². The van der Waals surface area contributed by atoms with E-state index in [-0.39, 0.29) is 11.8 Å². The second-order valence-electron chi connectivity index (χ2n) is 5.53. The summed E-state index contributed by atoms with van der Waals surface area (Å²) in [5.74, 6) is 0.0820. The minimum atomic E-state index is -0.402. The van der Waals surface area contributed by atoms with Crippen LogP contribution in [0.25, 0.3) is 0 Å². The molecule has 2 aromatic rings. The van der Waals surface area contributed by atoms with Gasteiger partial charge in [0.05, 0.1) is 12.5 Å². The minimum absolute atomic E-state index is 0.0282. The number of aromatic nitrogens is 1. The lowest BCUT2D eigenvalue weighted by Crippen LogP contribution is -2.30. The van der Waals surface area contributed by atoms with Crippen molar-refractivity contribution in [2.45, 2.75) is 31.8 Å². The molecule has 4 heteroatoms. The van der Waals surface area contributed by atoms with Gasteiger partial charge in [0, 0.05) is 24.9 Å². The maximum Gasteiger partial charge on any atom is 0.224 e. The average molecular weight is 298 g/mol. The summed E-state index contributed by atoms with van der Waals surface area (Å²) in [4.78, 5) is 16.0. The molecule has 1 amide bonds. The molecule has 1 aromatic heterocycles. The highest BCUT2D eigenvalue weighted by Crippen LogP contribution is 2.20. The SMILES string of the molecule is C[C@H](O)C[C@@H](CNC(=O)Cc1cccnc1)c1ccccc1. The van der Waals surface area contributed by atoms with Crippen LogP contribution in [0.3, 0.4) is 0 Å². The normalized spacial score (nSPS) is 13.4. The third-order valence-corrected chi connectivity index (χ3v) is 3.53. The van der Waals surface area contributed by atoms with Gasteiger partial charge in [-0.25, -0.2) is 0 Å². The number of carbonyl (C=O) groups is 1. The highest BCUT2D eigenvalue weighted by Gasteiger charge is 2.15. The van der Waals surface area contributed by atoms with Gasteiger partial charge in [-0.1, -0.05) is 36.4 Å². The Kier molecular flexibility index (Phi) is 6.10. The predicted octanol–water partition coefficient (Wildman–Crippen LogP) is 2.29. The fourth-order valence-corrected chi connectivity index (χ4v) is 2.46. The summed E-state index contributed by atoms with van der Waals surface area (Å²) in [5, 5.41) is 12.6. The fourth-order valence-electron chi connectivity index (χ4n) is 2.46. The van der Waals surface area contributed by atoms with Crippen molar-refractivity contribution in [2.24, 2.45) is 0 Å². The molecule has 0 fully saturated rings. The van der Waals surface area contributed by atoms with Crippen molar-refractivity contribution in [3.63, 3.8) is 0 Å². The Morgan fingerprint density at radius 1 is 1.23 bits per heavy atom. The number of rotatable bonds is 7. The number of amides is 1. The molecule has 2 rings (SSSR count). The van der Waals surface area contributed by atoms with E-state index in [1.807, 2.05) is 42.5 Å². The average Bonchev–Trinajstić information content (AvgIpc) is 2.53. The molecule has 2 N–H and O–H groups in total. The fraction of sp³-hybridized carbons (Fsp3) is 0.333. The number of carbonyl (C=O) groups excluding carboxylic acids is 1. The highest BCUT2D eigenvalue weighted by atomic mass is 16.3. The monoisotopic (exact) mass is 298 g/mol. The predicted molar refractivity (Wildman–Crippen MR) is 86.4 cm³/mol. The number of nitrogens with zero attached hydrogens (tertiary/aromatic N) is 1. The van der Waals surface area contributed by atoms with Crippen LogP contribution in [0.4, 0.5) is 0 Å². The van der Waals surface area contributed by atoms with Gasteiger partial charge in [0.2, 0.25) is 5.91 Å². The molecule has 0 aliphatic rings. The quantitative estimate of drug-likeness (QED) is 0.824. The zero-order valence-corrected chi connectivity index (χ0v) is 12.8. The first kappa shape index (κ1) is 16.2. The first-order valence-corrected chi connectivity index (χ1v) is 7.53. The van der Waals surface area contributed by atoms with Gasteiger partial charge in [-0.15, -0.1) is 0 Å². The topological polar surface area (TPSA) is 62.2 Å². The highest BCUT2D eigenvalue weighted by molar-refractivity contribution is 5.78. The summed E-state index contributed by atoms with van der Waals surface area (Å²) in [6, 6.07) is 13.7. The van der Waals surface area contributed by atoms with Crippen LogP contribution in [0.5, 0.6) is 0 Å². The Bertz CT molecular complexity index is 570. The van der Waals surface area contributed by atoms with Crippen molar-refractivity contribution < 1.29 is 9.90 Å². The molecular weight excluding hydrogens is 276 g/mol. The third-order valence-electron chi connectivity index (χ3n) is 3.53. The standard InChI is InChI=1S/C18H22N2O2/c1-14(21)10-17(16-7-3-2-4-8-16)13-20-18(22)11-15-6-5-9-19-12-15/h2-9,12,14,17,21H,10-11,13H2,1H3,(H,20,22)/t14-,17-/m0/s1. The van der Waals surface area contributed by atoms with Gasteiger partial charge in [0.15, 0.2) is 0 Å². The first-order chi connectivity index (χ1) is 10.6. The molecular formula is C18H22N2O2. The lowest BCUT2D eigenvalue weighted by molar-refractivity contribution is -0.120. The van der Waals surface area contributed by atoms with Crippen LogP contribution in [0.2, 0.25) is 0 Å². The molecule has 0 saturated heterocycles. The summed E-state index contributed by atoms with van der Waals surface area (Å²) in [6.45, 7) is 2.29. The van der Waals surface area contributed by atoms with E-state index in [9.17, 15) is 9.90 Å². The van der Waals surface area contributed by atoms with Crippen LogP contribution in [0.1, 0.15) is 30.4 Å². The summed E-state index contributed by atoms with van der Waals surface area (Å²) in [6.07, 6.45) is 3.93. The number of nitrogens with one attached hydrogen (secondary N) is 1. The lowest BCUT2D eigenvalue weighted by Gasteiger charge is -2.19. The van der Waals surface area contributed by atoms with Gasteiger partial charge in [0.1, 0.15) is 0 Å². The molecule has 0 radical (unpaired) electrons. The molecule has 0 aliphatic carbocycles. The Morgan fingerprint density at radius 2 is 2.00 bits per heavy atom. The number of benzene rings is 1. The van der Waals surface area contributed by atoms with Gasteiger partial charge in [-0.3, -0.25) is 9.78 Å². The molecule has 1 heterocycles. The largest absolute Gasteiger partial charge is 0.393 e.